The first-order valence-corrected chi connectivity index (χ1v) is 18.8. The zero-order chi connectivity index (χ0) is 35.1. The summed E-state index contributed by atoms with van der Waals surface area (Å²) in [5.74, 6) is 0. The van der Waals surface area contributed by atoms with Gasteiger partial charge in [0.05, 0.1) is 16.1 Å². The molecule has 10 rings (SSSR count). The minimum atomic E-state index is 1.10. The van der Waals surface area contributed by atoms with Crippen LogP contribution in [0.2, 0.25) is 0 Å². The second-order valence-corrected chi connectivity index (χ2v) is 14.4. The van der Waals surface area contributed by atoms with Gasteiger partial charge >= 0.3 is 0 Å². The van der Waals surface area contributed by atoms with Crippen molar-refractivity contribution in [2.75, 3.05) is 9.80 Å². The molecular formula is C50H34N2S. The van der Waals surface area contributed by atoms with Crippen molar-refractivity contribution in [3.05, 3.63) is 206 Å². The zero-order valence-electron chi connectivity index (χ0n) is 28.9. The fraction of sp³-hybridized carbons (Fsp3) is 0. The van der Waals surface area contributed by atoms with Crippen LogP contribution in [0.15, 0.2) is 206 Å². The van der Waals surface area contributed by atoms with E-state index in [0.29, 0.717) is 0 Å². The molecule has 0 saturated carbocycles. The lowest BCUT2D eigenvalue weighted by Gasteiger charge is -2.31. The Bertz CT molecular complexity index is 2900. The summed E-state index contributed by atoms with van der Waals surface area (Å²) in [6.45, 7) is 0. The van der Waals surface area contributed by atoms with Gasteiger partial charge in [0.1, 0.15) is 0 Å². The molecule has 0 aliphatic rings. The predicted molar refractivity (Wildman–Crippen MR) is 229 cm³/mol. The number of anilines is 6. The van der Waals surface area contributed by atoms with Gasteiger partial charge in [0.15, 0.2) is 0 Å². The molecule has 9 aromatic carbocycles. The lowest BCUT2D eigenvalue weighted by Crippen LogP contribution is -2.14. The molecule has 2 nitrogen and oxygen atoms in total. The van der Waals surface area contributed by atoms with Crippen molar-refractivity contribution in [2.45, 2.75) is 0 Å². The number of thiophene rings is 1. The molecule has 0 saturated heterocycles. The summed E-state index contributed by atoms with van der Waals surface area (Å²) in [5.41, 5.74) is 9.04. The smallest absolute Gasteiger partial charge is 0.0661 e. The highest BCUT2D eigenvalue weighted by Gasteiger charge is 2.25. The molecule has 0 aliphatic heterocycles. The minimum Gasteiger partial charge on any atom is -0.310 e. The molecule has 0 amide bonds. The Morgan fingerprint density at radius 2 is 0.943 bits per heavy atom. The summed E-state index contributed by atoms with van der Waals surface area (Å²) < 4.78 is 2.52. The van der Waals surface area contributed by atoms with Gasteiger partial charge in [0.2, 0.25) is 0 Å². The summed E-state index contributed by atoms with van der Waals surface area (Å²) >= 11 is 1.88. The highest BCUT2D eigenvalue weighted by molar-refractivity contribution is 7.26. The SMILES string of the molecule is c1ccc(-c2ccccc2N(c2ccccc2)c2cc(N(c3ccccc3)c3ccc4ccccc4c3)cc3c2sc2ccc4ccccc4c23)cc1. The molecule has 0 bridgehead atoms. The molecule has 0 atom stereocenters. The number of hydrogen-bond acceptors (Lipinski definition) is 3. The Morgan fingerprint density at radius 1 is 0.340 bits per heavy atom. The molecule has 10 aromatic rings. The molecule has 1 aromatic heterocycles. The molecule has 0 N–H and O–H groups in total. The van der Waals surface area contributed by atoms with E-state index < -0.39 is 0 Å². The molecule has 0 unspecified atom stereocenters. The van der Waals surface area contributed by atoms with E-state index in [2.05, 4.69) is 216 Å². The van der Waals surface area contributed by atoms with E-state index in [-0.39, 0.29) is 0 Å². The van der Waals surface area contributed by atoms with Crippen LogP contribution in [0, 0.1) is 0 Å². The van der Waals surface area contributed by atoms with Crippen LogP contribution in [0.3, 0.4) is 0 Å². The molecule has 0 spiro atoms. The van der Waals surface area contributed by atoms with E-state index >= 15 is 0 Å². The Balaban J connectivity index is 1.33. The van der Waals surface area contributed by atoms with Crippen molar-refractivity contribution in [3.8, 4) is 11.1 Å². The molecule has 250 valence electrons. The summed E-state index contributed by atoms with van der Waals surface area (Å²) in [7, 11) is 0. The van der Waals surface area contributed by atoms with Gasteiger partial charge in [-0.2, -0.15) is 0 Å². The number of para-hydroxylation sites is 3. The van der Waals surface area contributed by atoms with Crippen LogP contribution in [0.1, 0.15) is 0 Å². The maximum absolute atomic E-state index is 2.47. The van der Waals surface area contributed by atoms with Gasteiger partial charge in [-0.1, -0.05) is 146 Å². The Hall–Kier alpha value is -6.68. The third kappa shape index (κ3) is 5.50. The van der Waals surface area contributed by atoms with E-state index in [0.717, 1.165) is 34.1 Å². The molecular weight excluding hydrogens is 661 g/mol. The molecule has 0 aliphatic carbocycles. The topological polar surface area (TPSA) is 6.48 Å². The molecule has 0 radical (unpaired) electrons. The number of benzene rings is 9. The summed E-state index contributed by atoms with van der Waals surface area (Å²) in [5, 5.41) is 7.49. The van der Waals surface area contributed by atoms with Crippen molar-refractivity contribution in [3.63, 3.8) is 0 Å². The molecule has 3 heteroatoms. The minimum absolute atomic E-state index is 1.10. The predicted octanol–water partition coefficient (Wildman–Crippen LogP) is 15.0. The van der Waals surface area contributed by atoms with Crippen LogP contribution in [0.5, 0.6) is 0 Å². The maximum atomic E-state index is 2.47. The average Bonchev–Trinajstić information content (AvgIpc) is 3.62. The number of rotatable bonds is 7. The van der Waals surface area contributed by atoms with Gasteiger partial charge in [-0.15, -0.1) is 11.3 Å². The Morgan fingerprint density at radius 3 is 1.72 bits per heavy atom. The second-order valence-electron chi connectivity index (χ2n) is 13.4. The highest BCUT2D eigenvalue weighted by Crippen LogP contribution is 2.51. The fourth-order valence-electron chi connectivity index (χ4n) is 7.77. The van der Waals surface area contributed by atoms with Crippen molar-refractivity contribution < 1.29 is 0 Å². The van der Waals surface area contributed by atoms with Gasteiger partial charge in [-0.3, -0.25) is 0 Å². The number of fused-ring (bicyclic) bond motifs is 6. The van der Waals surface area contributed by atoms with Crippen molar-refractivity contribution in [1.82, 2.24) is 0 Å². The maximum Gasteiger partial charge on any atom is 0.0661 e. The molecule has 0 fully saturated rings. The summed E-state index contributed by atoms with van der Waals surface area (Å²) in [6.07, 6.45) is 0. The van der Waals surface area contributed by atoms with Crippen molar-refractivity contribution >= 4 is 87.2 Å². The van der Waals surface area contributed by atoms with Crippen LogP contribution in [-0.4, -0.2) is 0 Å². The first-order chi connectivity index (χ1) is 26.3. The quantitative estimate of drug-likeness (QED) is 0.164. The lowest BCUT2D eigenvalue weighted by atomic mass is 10.00. The van der Waals surface area contributed by atoms with Gasteiger partial charge < -0.3 is 9.80 Å². The second kappa shape index (κ2) is 13.1. The highest BCUT2D eigenvalue weighted by atomic mass is 32.1. The van der Waals surface area contributed by atoms with Crippen LogP contribution in [0.25, 0.3) is 52.8 Å². The number of nitrogens with zero attached hydrogens (tertiary/aromatic N) is 2. The Labute approximate surface area is 313 Å². The monoisotopic (exact) mass is 694 g/mol. The first-order valence-electron chi connectivity index (χ1n) is 18.0. The van der Waals surface area contributed by atoms with Crippen LogP contribution in [-0.2, 0) is 0 Å². The Kier molecular flexibility index (Phi) is 7.71. The largest absolute Gasteiger partial charge is 0.310 e. The third-order valence-corrected chi connectivity index (χ3v) is 11.4. The van der Waals surface area contributed by atoms with Gasteiger partial charge in [0.25, 0.3) is 0 Å². The zero-order valence-corrected chi connectivity index (χ0v) is 29.7. The van der Waals surface area contributed by atoms with Crippen molar-refractivity contribution in [1.29, 1.82) is 0 Å². The van der Waals surface area contributed by atoms with Crippen LogP contribution < -0.4 is 9.80 Å². The van der Waals surface area contributed by atoms with E-state index in [1.807, 2.05) is 11.3 Å². The third-order valence-electron chi connectivity index (χ3n) is 10.2. The lowest BCUT2D eigenvalue weighted by molar-refractivity contribution is 1.27. The summed E-state index contributed by atoms with van der Waals surface area (Å²) in [4.78, 5) is 4.88. The van der Waals surface area contributed by atoms with Crippen molar-refractivity contribution in [2.24, 2.45) is 0 Å². The van der Waals surface area contributed by atoms with Crippen LogP contribution in [0.4, 0.5) is 34.1 Å². The average molecular weight is 695 g/mol. The van der Waals surface area contributed by atoms with E-state index in [1.54, 1.807) is 0 Å². The van der Waals surface area contributed by atoms with Gasteiger partial charge in [0, 0.05) is 43.8 Å². The fourth-order valence-corrected chi connectivity index (χ4v) is 8.97. The normalized spacial score (nSPS) is 11.4. The van der Waals surface area contributed by atoms with Gasteiger partial charge in [-0.25, -0.2) is 0 Å². The van der Waals surface area contributed by atoms with E-state index in [9.17, 15) is 0 Å². The van der Waals surface area contributed by atoms with Crippen LogP contribution >= 0.6 is 11.3 Å². The van der Waals surface area contributed by atoms with E-state index in [4.69, 9.17) is 0 Å². The standard InChI is InChI=1S/C50H34N2S/c1-4-17-36(18-5-1)43-25-14-15-27-46(43)52(40-23-8-3-9-24-40)47-34-42(33-45-49-44-26-13-12-19-37(44)29-31-48(49)53-50(45)47)51(39-21-6-2-7-22-39)41-30-28-35-16-10-11-20-38(35)32-41/h1-34H. The van der Waals surface area contributed by atoms with Gasteiger partial charge in [-0.05, 0) is 87.8 Å². The molecule has 53 heavy (non-hydrogen) atoms. The summed E-state index contributed by atoms with van der Waals surface area (Å²) in [6, 6.07) is 74.7. The molecule has 1 heterocycles. The van der Waals surface area contributed by atoms with E-state index in [1.165, 1.54) is 52.8 Å². The first kappa shape index (κ1) is 31.1. The number of hydrogen-bond donors (Lipinski definition) is 0.